The molecule has 1 atom stereocenters. The minimum Gasteiger partial charge on any atom is -0.469 e. The lowest BCUT2D eigenvalue weighted by atomic mass is 10.2. The van der Waals surface area contributed by atoms with Crippen molar-refractivity contribution in [3.05, 3.63) is 0 Å². The van der Waals surface area contributed by atoms with Gasteiger partial charge in [-0.1, -0.05) is 33.9 Å². The van der Waals surface area contributed by atoms with Crippen LogP contribution in [0.5, 0.6) is 0 Å². The van der Waals surface area contributed by atoms with Crippen molar-refractivity contribution in [3.8, 4) is 0 Å². The van der Waals surface area contributed by atoms with E-state index in [1.165, 1.54) is 0 Å². The Balaban J connectivity index is 4.48. The van der Waals surface area contributed by atoms with Crippen molar-refractivity contribution in [2.45, 2.75) is 51.6 Å². The monoisotopic (exact) mass is 188 g/mol. The van der Waals surface area contributed by atoms with Crippen LogP contribution in [0.4, 0.5) is 0 Å². The molecule has 0 aromatic carbocycles. The molecule has 0 aromatic rings. The van der Waals surface area contributed by atoms with Gasteiger partial charge in [0.25, 0.3) is 6.47 Å². The summed E-state index contributed by atoms with van der Waals surface area (Å²) in [6.07, 6.45) is 0. The fourth-order valence-electron chi connectivity index (χ4n) is 0.863. The van der Waals surface area contributed by atoms with E-state index in [4.69, 9.17) is 4.74 Å². The topological polar surface area (TPSA) is 26.3 Å². The smallest absolute Gasteiger partial charge is 0.293 e. The highest BCUT2D eigenvalue weighted by Gasteiger charge is 2.41. The number of hydrogen-bond acceptors (Lipinski definition) is 2. The van der Waals surface area contributed by atoms with Gasteiger partial charge in [0.05, 0.1) is 5.73 Å². The molecule has 0 saturated carbocycles. The van der Waals surface area contributed by atoms with E-state index in [2.05, 4.69) is 33.9 Å². The van der Waals surface area contributed by atoms with Crippen LogP contribution < -0.4 is 0 Å². The van der Waals surface area contributed by atoms with Crippen molar-refractivity contribution in [2.24, 2.45) is 0 Å². The fourth-order valence-corrected chi connectivity index (χ4v) is 2.48. The van der Waals surface area contributed by atoms with E-state index in [1.807, 2.05) is 6.92 Å². The van der Waals surface area contributed by atoms with Crippen LogP contribution >= 0.6 is 0 Å². The third-order valence-electron chi connectivity index (χ3n) is 3.21. The summed E-state index contributed by atoms with van der Waals surface area (Å²) >= 11 is 0. The molecule has 3 heteroatoms. The standard InChI is InChI=1S/C9H20O2Si/c1-8(11-7-10)12(5,6)9(2,3)4/h7-8H,1-6H3. The highest BCUT2D eigenvalue weighted by molar-refractivity contribution is 6.81. The molecule has 0 aliphatic heterocycles. The maximum Gasteiger partial charge on any atom is 0.293 e. The summed E-state index contributed by atoms with van der Waals surface area (Å²) in [5.41, 5.74) is 0.0926. The van der Waals surface area contributed by atoms with Crippen LogP contribution in [-0.2, 0) is 9.53 Å². The van der Waals surface area contributed by atoms with Gasteiger partial charge < -0.3 is 4.74 Å². The number of carbonyl (C=O) groups excluding carboxylic acids is 1. The Morgan fingerprint density at radius 1 is 1.33 bits per heavy atom. The van der Waals surface area contributed by atoms with Gasteiger partial charge in [0, 0.05) is 0 Å². The molecule has 0 N–H and O–H groups in total. The summed E-state index contributed by atoms with van der Waals surface area (Å²) < 4.78 is 5.01. The van der Waals surface area contributed by atoms with Gasteiger partial charge in [-0.3, -0.25) is 4.79 Å². The predicted octanol–water partition coefficient (Wildman–Crippen LogP) is 2.60. The maximum absolute atomic E-state index is 10.2. The molecule has 0 aliphatic rings. The van der Waals surface area contributed by atoms with Crippen LogP contribution in [0.15, 0.2) is 0 Å². The Bertz CT molecular complexity index is 158. The largest absolute Gasteiger partial charge is 0.469 e. The number of carbonyl (C=O) groups is 1. The Kier molecular flexibility index (Phi) is 3.51. The van der Waals surface area contributed by atoms with Crippen LogP contribution in [0.25, 0.3) is 0 Å². The molecular weight excluding hydrogens is 168 g/mol. The molecular formula is C9H20O2Si. The summed E-state index contributed by atoms with van der Waals surface area (Å²) in [5, 5.41) is 0.273. The first-order valence-corrected chi connectivity index (χ1v) is 7.40. The van der Waals surface area contributed by atoms with Crippen molar-refractivity contribution in [1.82, 2.24) is 0 Å². The zero-order valence-electron chi connectivity index (χ0n) is 8.97. The molecule has 0 radical (unpaired) electrons. The summed E-state index contributed by atoms with van der Waals surface area (Å²) in [7, 11) is -1.48. The normalized spacial score (nSPS) is 15.5. The first kappa shape index (κ1) is 11.7. The third-order valence-corrected chi connectivity index (χ3v) is 9.24. The van der Waals surface area contributed by atoms with Gasteiger partial charge in [-0.15, -0.1) is 0 Å². The van der Waals surface area contributed by atoms with Crippen LogP contribution in [-0.4, -0.2) is 20.3 Å². The average Bonchev–Trinajstić information content (AvgIpc) is 1.85. The van der Waals surface area contributed by atoms with Crippen molar-refractivity contribution >= 4 is 14.5 Å². The summed E-state index contributed by atoms with van der Waals surface area (Å²) in [4.78, 5) is 10.2. The molecule has 72 valence electrons. The van der Waals surface area contributed by atoms with E-state index in [0.29, 0.717) is 6.47 Å². The summed E-state index contributed by atoms with van der Waals surface area (Å²) in [6, 6.07) is 0. The number of rotatable bonds is 3. The lowest BCUT2D eigenvalue weighted by Crippen LogP contribution is -2.49. The minimum atomic E-state index is -1.48. The maximum atomic E-state index is 10.2. The molecule has 0 bridgehead atoms. The highest BCUT2D eigenvalue weighted by Crippen LogP contribution is 2.38. The van der Waals surface area contributed by atoms with Crippen LogP contribution in [0.3, 0.4) is 0 Å². The Labute approximate surface area is 76.3 Å². The van der Waals surface area contributed by atoms with Gasteiger partial charge in [-0.2, -0.15) is 0 Å². The second kappa shape index (κ2) is 3.60. The lowest BCUT2D eigenvalue weighted by Gasteiger charge is -2.40. The molecule has 1 unspecified atom stereocenters. The van der Waals surface area contributed by atoms with Gasteiger partial charge in [0.1, 0.15) is 8.07 Å². The Morgan fingerprint density at radius 2 is 1.75 bits per heavy atom. The van der Waals surface area contributed by atoms with E-state index in [1.54, 1.807) is 0 Å². The van der Waals surface area contributed by atoms with Crippen molar-refractivity contribution in [2.75, 3.05) is 0 Å². The highest BCUT2D eigenvalue weighted by atomic mass is 28.3. The number of hydrogen-bond donors (Lipinski definition) is 0. The van der Waals surface area contributed by atoms with Gasteiger partial charge in [-0.25, -0.2) is 0 Å². The van der Waals surface area contributed by atoms with Crippen molar-refractivity contribution < 1.29 is 9.53 Å². The zero-order chi connectivity index (χ0) is 9.99. The third kappa shape index (κ3) is 2.34. The second-order valence-corrected chi connectivity index (χ2v) is 10.6. The van der Waals surface area contributed by atoms with E-state index < -0.39 is 8.07 Å². The first-order chi connectivity index (χ1) is 5.23. The molecule has 2 nitrogen and oxygen atoms in total. The molecule has 0 aromatic heterocycles. The molecule has 0 spiro atoms. The quantitative estimate of drug-likeness (QED) is 0.502. The van der Waals surface area contributed by atoms with Gasteiger partial charge in [0.2, 0.25) is 0 Å². The average molecular weight is 188 g/mol. The van der Waals surface area contributed by atoms with E-state index in [0.717, 1.165) is 0 Å². The summed E-state index contributed by atoms with van der Waals surface area (Å²) in [6.45, 7) is 13.7. The predicted molar refractivity (Wildman–Crippen MR) is 53.8 cm³/mol. The van der Waals surface area contributed by atoms with E-state index in [9.17, 15) is 4.79 Å². The van der Waals surface area contributed by atoms with Gasteiger partial charge in [0.15, 0.2) is 0 Å². The molecule has 0 aliphatic carbocycles. The van der Waals surface area contributed by atoms with Crippen LogP contribution in [0.1, 0.15) is 27.7 Å². The fraction of sp³-hybridized carbons (Fsp3) is 0.889. The SMILES string of the molecule is CC(OC=O)[Si](C)(C)C(C)(C)C. The Morgan fingerprint density at radius 3 is 2.00 bits per heavy atom. The van der Waals surface area contributed by atoms with E-state index >= 15 is 0 Å². The minimum absolute atomic E-state index is 0.0926. The molecule has 0 heterocycles. The first-order valence-electron chi connectivity index (χ1n) is 4.32. The van der Waals surface area contributed by atoms with E-state index in [-0.39, 0.29) is 10.8 Å². The molecule has 0 amide bonds. The summed E-state index contributed by atoms with van der Waals surface area (Å²) in [5.74, 6) is 0. The molecule has 0 rings (SSSR count). The number of ether oxygens (including phenoxy) is 1. The lowest BCUT2D eigenvalue weighted by molar-refractivity contribution is -0.130. The molecule has 0 saturated heterocycles. The zero-order valence-corrected chi connectivity index (χ0v) is 9.97. The van der Waals surface area contributed by atoms with Crippen molar-refractivity contribution in [1.29, 1.82) is 0 Å². The van der Waals surface area contributed by atoms with Gasteiger partial charge in [-0.05, 0) is 12.0 Å². The molecule has 0 fully saturated rings. The van der Waals surface area contributed by atoms with Crippen molar-refractivity contribution in [3.63, 3.8) is 0 Å². The Hall–Kier alpha value is -0.313. The van der Waals surface area contributed by atoms with Gasteiger partial charge >= 0.3 is 0 Å². The second-order valence-electron chi connectivity index (χ2n) is 4.85. The van der Waals surface area contributed by atoms with Crippen LogP contribution in [0, 0.1) is 0 Å². The molecule has 12 heavy (non-hydrogen) atoms. The van der Waals surface area contributed by atoms with Crippen LogP contribution in [0.2, 0.25) is 18.1 Å².